The first-order valence-electron chi connectivity index (χ1n) is 14.6. The molecule has 0 aliphatic carbocycles. The van der Waals surface area contributed by atoms with Crippen LogP contribution >= 0.6 is 0 Å². The van der Waals surface area contributed by atoms with Gasteiger partial charge in [0.05, 0.1) is 19.0 Å². The second kappa shape index (κ2) is 26.4. The van der Waals surface area contributed by atoms with Crippen molar-refractivity contribution in [1.29, 1.82) is 0 Å². The molecule has 5 heteroatoms. The standard InChI is InChI=1S/C28H57FO3S/c1-2-3-4-5-6-7-8-9-10-11-12-15-18-21-24-27-32-33(30,31)28-25-22-19-16-13-14-17-20-23-26-29/h2-28H2,1H3. The first-order chi connectivity index (χ1) is 16.1. The molecule has 0 bridgehead atoms. The topological polar surface area (TPSA) is 43.4 Å². The van der Waals surface area contributed by atoms with Gasteiger partial charge in [-0.2, -0.15) is 8.42 Å². The fourth-order valence-electron chi connectivity index (χ4n) is 4.33. The van der Waals surface area contributed by atoms with Crippen LogP contribution in [0.5, 0.6) is 0 Å². The Morgan fingerprint density at radius 1 is 0.485 bits per heavy atom. The van der Waals surface area contributed by atoms with Crippen molar-refractivity contribution in [2.45, 2.75) is 161 Å². The zero-order valence-corrected chi connectivity index (χ0v) is 22.9. The van der Waals surface area contributed by atoms with Crippen LogP contribution in [0.2, 0.25) is 0 Å². The molecule has 0 radical (unpaired) electrons. The molecule has 0 heterocycles. The molecule has 0 saturated heterocycles. The average Bonchev–Trinajstić information content (AvgIpc) is 2.80. The summed E-state index contributed by atoms with van der Waals surface area (Å²) in [6, 6.07) is 0. The zero-order chi connectivity index (χ0) is 24.3. The predicted molar refractivity (Wildman–Crippen MR) is 142 cm³/mol. The molecule has 0 aromatic rings. The molecule has 0 unspecified atom stereocenters. The lowest BCUT2D eigenvalue weighted by Gasteiger charge is -2.06. The van der Waals surface area contributed by atoms with Crippen LogP contribution in [0.15, 0.2) is 0 Å². The summed E-state index contributed by atoms with van der Waals surface area (Å²) in [6.07, 6.45) is 28.6. The van der Waals surface area contributed by atoms with Gasteiger partial charge in [0.15, 0.2) is 0 Å². The van der Waals surface area contributed by atoms with Gasteiger partial charge in [-0.3, -0.25) is 8.57 Å². The number of alkyl halides is 1. The summed E-state index contributed by atoms with van der Waals surface area (Å²) in [5.41, 5.74) is 0. The van der Waals surface area contributed by atoms with Crippen LogP contribution in [0.4, 0.5) is 4.39 Å². The summed E-state index contributed by atoms with van der Waals surface area (Å²) in [7, 11) is -3.34. The van der Waals surface area contributed by atoms with Gasteiger partial charge in [0.1, 0.15) is 0 Å². The van der Waals surface area contributed by atoms with Crippen molar-refractivity contribution >= 4 is 10.1 Å². The first-order valence-corrected chi connectivity index (χ1v) is 16.1. The molecule has 0 spiro atoms. The maximum Gasteiger partial charge on any atom is 0.267 e. The number of rotatable bonds is 28. The van der Waals surface area contributed by atoms with Crippen LogP contribution in [0.25, 0.3) is 0 Å². The van der Waals surface area contributed by atoms with Crippen molar-refractivity contribution in [1.82, 2.24) is 0 Å². The Balaban J connectivity index is 3.28. The van der Waals surface area contributed by atoms with E-state index in [9.17, 15) is 12.8 Å². The molecule has 3 nitrogen and oxygen atoms in total. The molecule has 0 aromatic carbocycles. The number of halogens is 1. The highest BCUT2D eigenvalue weighted by molar-refractivity contribution is 7.86. The molecule has 0 fully saturated rings. The summed E-state index contributed by atoms with van der Waals surface area (Å²) in [6.45, 7) is 2.42. The Bertz CT molecular complexity index is 468. The van der Waals surface area contributed by atoms with Crippen molar-refractivity contribution < 1.29 is 17.0 Å². The third-order valence-corrected chi connectivity index (χ3v) is 7.85. The summed E-state index contributed by atoms with van der Waals surface area (Å²) in [5.74, 6) is 0.155. The van der Waals surface area contributed by atoms with Crippen LogP contribution in [-0.4, -0.2) is 27.5 Å². The molecule has 0 aromatic heterocycles. The molecule has 200 valence electrons. The zero-order valence-electron chi connectivity index (χ0n) is 22.1. The van der Waals surface area contributed by atoms with Gasteiger partial charge in [0.25, 0.3) is 10.1 Å². The van der Waals surface area contributed by atoms with Crippen molar-refractivity contribution in [3.05, 3.63) is 0 Å². The summed E-state index contributed by atoms with van der Waals surface area (Å²) < 4.78 is 41.1. The summed E-state index contributed by atoms with van der Waals surface area (Å²) in [5, 5.41) is 0. The monoisotopic (exact) mass is 492 g/mol. The lowest BCUT2D eigenvalue weighted by Crippen LogP contribution is -2.11. The summed E-state index contributed by atoms with van der Waals surface area (Å²) >= 11 is 0. The van der Waals surface area contributed by atoms with Crippen LogP contribution < -0.4 is 0 Å². The highest BCUT2D eigenvalue weighted by Gasteiger charge is 2.10. The van der Waals surface area contributed by atoms with Crippen molar-refractivity contribution in [3.8, 4) is 0 Å². The Labute approximate surface area is 207 Å². The van der Waals surface area contributed by atoms with E-state index in [0.717, 1.165) is 44.9 Å². The molecule has 33 heavy (non-hydrogen) atoms. The van der Waals surface area contributed by atoms with Crippen molar-refractivity contribution in [3.63, 3.8) is 0 Å². The molecule has 0 N–H and O–H groups in total. The van der Waals surface area contributed by atoms with E-state index < -0.39 is 10.1 Å². The summed E-state index contributed by atoms with van der Waals surface area (Å²) in [4.78, 5) is 0. The van der Waals surface area contributed by atoms with Crippen LogP contribution in [0.1, 0.15) is 161 Å². The molecular formula is C28H57FO3S. The quantitative estimate of drug-likeness (QED) is 0.0806. The maximum absolute atomic E-state index is 12.0. The Kier molecular flexibility index (Phi) is 26.3. The van der Waals surface area contributed by atoms with Crippen LogP contribution in [0, 0.1) is 0 Å². The van der Waals surface area contributed by atoms with E-state index in [1.54, 1.807) is 0 Å². The first kappa shape index (κ1) is 32.8. The molecular weight excluding hydrogens is 435 g/mol. The van der Waals surface area contributed by atoms with Crippen molar-refractivity contribution in [2.24, 2.45) is 0 Å². The lowest BCUT2D eigenvalue weighted by molar-refractivity contribution is 0.305. The van der Waals surface area contributed by atoms with E-state index in [2.05, 4.69) is 6.92 Å². The normalized spacial score (nSPS) is 11.9. The van der Waals surface area contributed by atoms with E-state index in [4.69, 9.17) is 4.18 Å². The molecule has 0 atom stereocenters. The van der Waals surface area contributed by atoms with Gasteiger partial charge in [-0.05, 0) is 19.3 Å². The predicted octanol–water partition coefficient (Wildman–Crippen LogP) is 9.68. The van der Waals surface area contributed by atoms with Gasteiger partial charge in [0, 0.05) is 0 Å². The molecule has 0 amide bonds. The van der Waals surface area contributed by atoms with Gasteiger partial charge in [0.2, 0.25) is 0 Å². The average molecular weight is 493 g/mol. The maximum atomic E-state index is 12.0. The fraction of sp³-hybridized carbons (Fsp3) is 1.00. The Hall–Kier alpha value is -0.160. The van der Waals surface area contributed by atoms with Crippen LogP contribution in [-0.2, 0) is 14.3 Å². The highest BCUT2D eigenvalue weighted by atomic mass is 32.2. The van der Waals surface area contributed by atoms with Crippen molar-refractivity contribution in [2.75, 3.05) is 19.0 Å². The van der Waals surface area contributed by atoms with E-state index in [1.165, 1.54) is 96.3 Å². The number of hydrogen-bond donors (Lipinski definition) is 0. The van der Waals surface area contributed by atoms with E-state index in [1.807, 2.05) is 0 Å². The minimum atomic E-state index is -3.34. The van der Waals surface area contributed by atoms with Gasteiger partial charge in [-0.1, -0.05) is 142 Å². The largest absolute Gasteiger partial charge is 0.270 e. The second-order valence-corrected chi connectivity index (χ2v) is 11.7. The van der Waals surface area contributed by atoms with Gasteiger partial charge in [-0.25, -0.2) is 0 Å². The molecule has 0 saturated carbocycles. The molecule has 0 aliphatic heterocycles. The third-order valence-electron chi connectivity index (χ3n) is 6.54. The SMILES string of the molecule is CCCCCCCCCCCCCCCCCOS(=O)(=O)CCCCCCCCCCCF. The number of hydrogen-bond acceptors (Lipinski definition) is 3. The fourth-order valence-corrected chi connectivity index (χ4v) is 5.38. The Morgan fingerprint density at radius 3 is 1.21 bits per heavy atom. The highest BCUT2D eigenvalue weighted by Crippen LogP contribution is 2.14. The van der Waals surface area contributed by atoms with Gasteiger partial charge < -0.3 is 0 Å². The molecule has 0 rings (SSSR count). The third kappa shape index (κ3) is 28.0. The minimum Gasteiger partial charge on any atom is -0.270 e. The Morgan fingerprint density at radius 2 is 0.818 bits per heavy atom. The van der Waals surface area contributed by atoms with Gasteiger partial charge in [-0.15, -0.1) is 0 Å². The molecule has 0 aliphatic rings. The minimum absolute atomic E-state index is 0.155. The number of unbranched alkanes of at least 4 members (excludes halogenated alkanes) is 22. The van der Waals surface area contributed by atoms with Crippen LogP contribution in [0.3, 0.4) is 0 Å². The van der Waals surface area contributed by atoms with Gasteiger partial charge >= 0.3 is 0 Å². The lowest BCUT2D eigenvalue weighted by atomic mass is 10.0. The van der Waals surface area contributed by atoms with E-state index in [-0.39, 0.29) is 12.4 Å². The smallest absolute Gasteiger partial charge is 0.267 e. The van der Waals surface area contributed by atoms with E-state index >= 15 is 0 Å². The van der Waals surface area contributed by atoms with E-state index in [0.29, 0.717) is 19.4 Å². The second-order valence-electron chi connectivity index (χ2n) is 9.90.